The largest absolute Gasteiger partial charge is 0.481 e. The molecule has 1 unspecified atom stereocenters. The molecule has 1 amide bonds. The predicted molar refractivity (Wildman–Crippen MR) is 67.0 cm³/mol. The molecule has 7 heteroatoms. The summed E-state index contributed by atoms with van der Waals surface area (Å²) in [6, 6.07) is 3.24. The van der Waals surface area contributed by atoms with Gasteiger partial charge in [0.15, 0.2) is 0 Å². The van der Waals surface area contributed by atoms with Crippen molar-refractivity contribution in [2.24, 2.45) is 5.73 Å². The zero-order valence-corrected chi connectivity index (χ0v) is 10.2. The van der Waals surface area contributed by atoms with Crippen molar-refractivity contribution < 1.29 is 24.6 Å². The summed E-state index contributed by atoms with van der Waals surface area (Å²) in [4.78, 5) is 32.5. The Morgan fingerprint density at radius 1 is 1.32 bits per heavy atom. The molecular formula is C12H14N2O5. The van der Waals surface area contributed by atoms with Gasteiger partial charge in [0.25, 0.3) is 0 Å². The van der Waals surface area contributed by atoms with E-state index in [9.17, 15) is 14.4 Å². The van der Waals surface area contributed by atoms with Crippen LogP contribution < -0.4 is 11.1 Å². The maximum absolute atomic E-state index is 11.0. The van der Waals surface area contributed by atoms with Gasteiger partial charge in [0, 0.05) is 11.3 Å². The normalized spacial score (nSPS) is 11.6. The van der Waals surface area contributed by atoms with E-state index >= 15 is 0 Å². The number of nitrogens with two attached hydrogens (primary N) is 1. The monoisotopic (exact) mass is 266 g/mol. The number of amides is 1. The fourth-order valence-electron chi connectivity index (χ4n) is 1.61. The molecule has 0 radical (unpaired) electrons. The summed E-state index contributed by atoms with van der Waals surface area (Å²) in [6.45, 7) is 1.65. The highest BCUT2D eigenvalue weighted by molar-refractivity contribution is 5.94. The van der Waals surface area contributed by atoms with Crippen LogP contribution in [-0.2, 0) is 9.59 Å². The van der Waals surface area contributed by atoms with Crippen molar-refractivity contribution in [2.45, 2.75) is 19.4 Å². The highest BCUT2D eigenvalue weighted by atomic mass is 16.4. The third-order valence-electron chi connectivity index (χ3n) is 2.51. The van der Waals surface area contributed by atoms with Crippen LogP contribution in [0.1, 0.15) is 22.3 Å². The molecule has 0 saturated heterocycles. The van der Waals surface area contributed by atoms with Gasteiger partial charge in [-0.2, -0.15) is 0 Å². The van der Waals surface area contributed by atoms with Gasteiger partial charge in [-0.1, -0.05) is 0 Å². The number of anilines is 1. The highest BCUT2D eigenvalue weighted by Gasteiger charge is 2.20. The van der Waals surface area contributed by atoms with Crippen molar-refractivity contribution >= 4 is 23.5 Å². The van der Waals surface area contributed by atoms with Gasteiger partial charge in [0.2, 0.25) is 5.91 Å². The van der Waals surface area contributed by atoms with Gasteiger partial charge in [-0.15, -0.1) is 0 Å². The summed E-state index contributed by atoms with van der Waals surface area (Å²) in [6.07, 6.45) is -0.550. The number of hydrogen-bond acceptors (Lipinski definition) is 4. The minimum atomic E-state index is -1.26. The number of carboxylic acid groups (broad SMARTS) is 2. The molecule has 0 spiro atoms. The van der Waals surface area contributed by atoms with Crippen LogP contribution in [0.4, 0.5) is 5.69 Å². The molecule has 7 nitrogen and oxygen atoms in total. The second-order valence-electron chi connectivity index (χ2n) is 4.03. The highest BCUT2D eigenvalue weighted by Crippen LogP contribution is 2.16. The van der Waals surface area contributed by atoms with Crippen LogP contribution >= 0.6 is 0 Å². The van der Waals surface area contributed by atoms with E-state index in [1.807, 2.05) is 0 Å². The standard InChI is InChI=1S/C12H14N2O5/c1-6-4-7(2-3-8(6)11(13)17)14-9(12(18)19)5-10(15)16/h2-4,9,14H,5H2,1H3,(H2,13,17)(H,15,16)(H,18,19). The Kier molecular flexibility index (Phi) is 4.46. The second-order valence-corrected chi connectivity index (χ2v) is 4.03. The van der Waals surface area contributed by atoms with Gasteiger partial charge >= 0.3 is 11.9 Å². The van der Waals surface area contributed by atoms with Crippen LogP contribution in [0.15, 0.2) is 18.2 Å². The minimum absolute atomic E-state index is 0.329. The molecule has 0 aromatic heterocycles. The first-order valence-electron chi connectivity index (χ1n) is 5.43. The van der Waals surface area contributed by atoms with E-state index in [1.54, 1.807) is 6.92 Å². The molecule has 0 bridgehead atoms. The summed E-state index contributed by atoms with van der Waals surface area (Å²) in [5.41, 5.74) is 6.47. The third kappa shape index (κ3) is 3.98. The maximum Gasteiger partial charge on any atom is 0.326 e. The Morgan fingerprint density at radius 2 is 1.95 bits per heavy atom. The lowest BCUT2D eigenvalue weighted by Crippen LogP contribution is -2.31. The molecule has 1 atom stereocenters. The lowest BCUT2D eigenvalue weighted by atomic mass is 10.1. The van der Waals surface area contributed by atoms with Crippen molar-refractivity contribution in [1.29, 1.82) is 0 Å². The molecule has 0 fully saturated rings. The Balaban J connectivity index is 2.91. The summed E-state index contributed by atoms with van der Waals surface area (Å²) < 4.78 is 0. The smallest absolute Gasteiger partial charge is 0.326 e. The SMILES string of the molecule is Cc1cc(NC(CC(=O)O)C(=O)O)ccc1C(N)=O. The molecule has 5 N–H and O–H groups in total. The zero-order chi connectivity index (χ0) is 14.6. The lowest BCUT2D eigenvalue weighted by molar-refractivity contribution is -0.144. The van der Waals surface area contributed by atoms with Crippen LogP contribution in [0.3, 0.4) is 0 Å². The Labute approximate surface area is 109 Å². The fourth-order valence-corrected chi connectivity index (χ4v) is 1.61. The van der Waals surface area contributed by atoms with Gasteiger partial charge < -0.3 is 21.3 Å². The number of rotatable bonds is 6. The van der Waals surface area contributed by atoms with E-state index in [0.29, 0.717) is 16.8 Å². The van der Waals surface area contributed by atoms with E-state index in [1.165, 1.54) is 18.2 Å². The van der Waals surface area contributed by atoms with Gasteiger partial charge in [-0.05, 0) is 30.7 Å². The summed E-state index contributed by atoms with van der Waals surface area (Å²) in [7, 11) is 0. The van der Waals surface area contributed by atoms with Crippen LogP contribution in [-0.4, -0.2) is 34.1 Å². The first-order chi connectivity index (χ1) is 8.81. The number of hydrogen-bond donors (Lipinski definition) is 4. The average Bonchev–Trinajstić information content (AvgIpc) is 2.26. The summed E-state index contributed by atoms with van der Waals surface area (Å²) in [5.74, 6) is -3.06. The molecule has 19 heavy (non-hydrogen) atoms. The molecule has 1 aromatic carbocycles. The Bertz CT molecular complexity index is 527. The van der Waals surface area contributed by atoms with E-state index in [2.05, 4.69) is 5.32 Å². The quantitative estimate of drug-likeness (QED) is 0.591. The molecule has 1 rings (SSSR count). The number of primary amides is 1. The summed E-state index contributed by atoms with van der Waals surface area (Å²) in [5, 5.41) is 20.1. The molecule has 102 valence electrons. The van der Waals surface area contributed by atoms with E-state index < -0.39 is 30.3 Å². The van der Waals surface area contributed by atoms with Crippen LogP contribution in [0.25, 0.3) is 0 Å². The minimum Gasteiger partial charge on any atom is -0.481 e. The van der Waals surface area contributed by atoms with E-state index in [4.69, 9.17) is 15.9 Å². The van der Waals surface area contributed by atoms with Crippen LogP contribution in [0.2, 0.25) is 0 Å². The van der Waals surface area contributed by atoms with Crippen molar-refractivity contribution in [3.63, 3.8) is 0 Å². The van der Waals surface area contributed by atoms with Crippen molar-refractivity contribution in [3.8, 4) is 0 Å². The number of aliphatic carboxylic acids is 2. The molecule has 0 saturated carbocycles. The number of benzene rings is 1. The van der Waals surface area contributed by atoms with Gasteiger partial charge in [0.1, 0.15) is 6.04 Å². The third-order valence-corrected chi connectivity index (χ3v) is 2.51. The van der Waals surface area contributed by atoms with Crippen molar-refractivity contribution in [2.75, 3.05) is 5.32 Å². The summed E-state index contributed by atoms with van der Waals surface area (Å²) >= 11 is 0. The first-order valence-corrected chi connectivity index (χ1v) is 5.43. The second kappa shape index (κ2) is 5.85. The van der Waals surface area contributed by atoms with Crippen LogP contribution in [0.5, 0.6) is 0 Å². The van der Waals surface area contributed by atoms with Gasteiger partial charge in [-0.25, -0.2) is 4.79 Å². The van der Waals surface area contributed by atoms with Crippen molar-refractivity contribution in [1.82, 2.24) is 0 Å². The fraction of sp³-hybridized carbons (Fsp3) is 0.250. The Morgan fingerprint density at radius 3 is 2.37 bits per heavy atom. The van der Waals surface area contributed by atoms with Crippen LogP contribution in [0, 0.1) is 6.92 Å². The number of carbonyl (C=O) groups excluding carboxylic acids is 1. The lowest BCUT2D eigenvalue weighted by Gasteiger charge is -2.14. The number of carboxylic acids is 2. The van der Waals surface area contributed by atoms with Gasteiger partial charge in [-0.3, -0.25) is 9.59 Å². The van der Waals surface area contributed by atoms with Gasteiger partial charge in [0.05, 0.1) is 6.42 Å². The molecule has 1 aromatic rings. The van der Waals surface area contributed by atoms with Crippen molar-refractivity contribution in [3.05, 3.63) is 29.3 Å². The maximum atomic E-state index is 11.0. The predicted octanol–water partition coefficient (Wildman–Crippen LogP) is 0.434. The molecule has 0 aliphatic carbocycles. The molecule has 0 aliphatic heterocycles. The number of nitrogens with one attached hydrogen (secondary N) is 1. The number of carbonyl (C=O) groups is 3. The van der Waals surface area contributed by atoms with E-state index in [-0.39, 0.29) is 0 Å². The average molecular weight is 266 g/mol. The molecule has 0 heterocycles. The first kappa shape index (κ1) is 14.5. The topological polar surface area (TPSA) is 130 Å². The molecular weight excluding hydrogens is 252 g/mol. The van der Waals surface area contributed by atoms with E-state index in [0.717, 1.165) is 0 Å². The molecule has 0 aliphatic rings. The number of aryl methyl sites for hydroxylation is 1. The zero-order valence-electron chi connectivity index (χ0n) is 10.2. The Hall–Kier alpha value is -2.57.